The van der Waals surface area contributed by atoms with Crippen LogP contribution in [0.4, 0.5) is 0 Å². The number of benzene rings is 1. The molecule has 0 aromatic heterocycles. The Hall–Kier alpha value is -1.46. The quantitative estimate of drug-likeness (QED) is 0.757. The number of nitrogens with zero attached hydrogens (tertiary/aromatic N) is 1. The first kappa shape index (κ1) is 17.9. The van der Waals surface area contributed by atoms with Crippen LogP contribution in [0.3, 0.4) is 0 Å². The van der Waals surface area contributed by atoms with E-state index in [1.807, 2.05) is 0 Å². The number of ether oxygens (including phenoxy) is 2. The van der Waals surface area contributed by atoms with Gasteiger partial charge in [0.1, 0.15) is 5.75 Å². The summed E-state index contributed by atoms with van der Waals surface area (Å²) < 4.78 is 10.5. The maximum Gasteiger partial charge on any atom is 0.310 e. The standard InChI is InChI=1S/C16H19Cl2NO4/c1-2-22-16(21)11-4-3-7-19(9-11)15(20)10-23-12-5-6-13(17)14(18)8-12/h5-6,8,11H,2-4,7,9-10H2,1H3. The van der Waals surface area contributed by atoms with Crippen LogP contribution in [-0.2, 0) is 14.3 Å². The average molecular weight is 360 g/mol. The number of carbonyl (C=O) groups is 2. The molecule has 0 saturated carbocycles. The molecule has 23 heavy (non-hydrogen) atoms. The molecule has 0 spiro atoms. The van der Waals surface area contributed by atoms with Gasteiger partial charge in [0.15, 0.2) is 6.61 Å². The smallest absolute Gasteiger partial charge is 0.310 e. The fourth-order valence-electron chi connectivity index (χ4n) is 2.46. The molecule has 0 N–H and O–H groups in total. The zero-order chi connectivity index (χ0) is 16.8. The minimum Gasteiger partial charge on any atom is -0.484 e. The molecule has 1 heterocycles. The van der Waals surface area contributed by atoms with Gasteiger partial charge < -0.3 is 14.4 Å². The maximum absolute atomic E-state index is 12.2. The van der Waals surface area contributed by atoms with E-state index in [-0.39, 0.29) is 24.4 Å². The molecule has 126 valence electrons. The monoisotopic (exact) mass is 359 g/mol. The highest BCUT2D eigenvalue weighted by Gasteiger charge is 2.29. The van der Waals surface area contributed by atoms with Crippen molar-refractivity contribution in [1.82, 2.24) is 4.90 Å². The molecule has 1 aliphatic rings. The first-order valence-electron chi connectivity index (χ1n) is 7.53. The predicted octanol–water partition coefficient (Wildman–Crippen LogP) is 3.17. The van der Waals surface area contributed by atoms with Crippen LogP contribution in [0, 0.1) is 5.92 Å². The minimum atomic E-state index is -0.252. The second-order valence-corrected chi connectivity index (χ2v) is 6.11. The molecule has 1 atom stereocenters. The molecule has 1 saturated heterocycles. The average Bonchev–Trinajstić information content (AvgIpc) is 2.56. The summed E-state index contributed by atoms with van der Waals surface area (Å²) in [5, 5.41) is 0.801. The zero-order valence-corrected chi connectivity index (χ0v) is 14.4. The van der Waals surface area contributed by atoms with Crippen molar-refractivity contribution in [3.05, 3.63) is 28.2 Å². The summed E-state index contributed by atoms with van der Waals surface area (Å²) in [6.45, 7) is 3.02. The Labute approximate surface area is 145 Å². The molecule has 2 rings (SSSR count). The Bertz CT molecular complexity index is 579. The van der Waals surface area contributed by atoms with Crippen molar-refractivity contribution < 1.29 is 19.1 Å². The molecule has 5 nitrogen and oxygen atoms in total. The lowest BCUT2D eigenvalue weighted by Gasteiger charge is -2.31. The largest absolute Gasteiger partial charge is 0.484 e. The van der Waals surface area contributed by atoms with Gasteiger partial charge in [0.2, 0.25) is 0 Å². The highest BCUT2D eigenvalue weighted by atomic mass is 35.5. The Balaban J connectivity index is 1.87. The third-order valence-corrected chi connectivity index (χ3v) is 4.39. The van der Waals surface area contributed by atoms with Crippen molar-refractivity contribution in [3.8, 4) is 5.75 Å². The number of hydrogen-bond donors (Lipinski definition) is 0. The lowest BCUT2D eigenvalue weighted by Crippen LogP contribution is -2.44. The highest BCUT2D eigenvalue weighted by Crippen LogP contribution is 2.26. The fourth-order valence-corrected chi connectivity index (χ4v) is 2.75. The lowest BCUT2D eigenvalue weighted by molar-refractivity contribution is -0.151. The van der Waals surface area contributed by atoms with E-state index >= 15 is 0 Å². The van der Waals surface area contributed by atoms with Crippen LogP contribution >= 0.6 is 23.2 Å². The van der Waals surface area contributed by atoms with Gasteiger partial charge in [-0.3, -0.25) is 9.59 Å². The molecule has 7 heteroatoms. The maximum atomic E-state index is 12.2. The first-order chi connectivity index (χ1) is 11.0. The Morgan fingerprint density at radius 3 is 2.78 bits per heavy atom. The van der Waals surface area contributed by atoms with E-state index in [0.29, 0.717) is 35.5 Å². The van der Waals surface area contributed by atoms with E-state index in [1.165, 1.54) is 0 Å². The third-order valence-electron chi connectivity index (χ3n) is 3.65. The van der Waals surface area contributed by atoms with Crippen LogP contribution in [0.2, 0.25) is 10.0 Å². The van der Waals surface area contributed by atoms with E-state index < -0.39 is 0 Å². The van der Waals surface area contributed by atoms with E-state index in [9.17, 15) is 9.59 Å². The van der Waals surface area contributed by atoms with Gasteiger partial charge in [0.25, 0.3) is 5.91 Å². The van der Waals surface area contributed by atoms with Gasteiger partial charge in [-0.2, -0.15) is 0 Å². The summed E-state index contributed by atoms with van der Waals surface area (Å²) in [5.74, 6) is -0.176. The normalized spacial score (nSPS) is 17.7. The van der Waals surface area contributed by atoms with Crippen LogP contribution < -0.4 is 4.74 Å². The van der Waals surface area contributed by atoms with Crippen LogP contribution in [0.25, 0.3) is 0 Å². The number of amides is 1. The lowest BCUT2D eigenvalue weighted by atomic mass is 9.98. The van der Waals surface area contributed by atoms with Crippen molar-refractivity contribution >= 4 is 35.1 Å². The number of hydrogen-bond acceptors (Lipinski definition) is 4. The zero-order valence-electron chi connectivity index (χ0n) is 12.9. The van der Waals surface area contributed by atoms with E-state index in [2.05, 4.69) is 0 Å². The van der Waals surface area contributed by atoms with E-state index in [4.69, 9.17) is 32.7 Å². The van der Waals surface area contributed by atoms with Crippen molar-refractivity contribution in [3.63, 3.8) is 0 Å². The number of rotatable bonds is 5. The van der Waals surface area contributed by atoms with Crippen molar-refractivity contribution in [1.29, 1.82) is 0 Å². The highest BCUT2D eigenvalue weighted by molar-refractivity contribution is 6.42. The van der Waals surface area contributed by atoms with Crippen LogP contribution in [0.5, 0.6) is 5.75 Å². The molecule has 1 aromatic carbocycles. The summed E-state index contributed by atoms with van der Waals surface area (Å²) in [4.78, 5) is 25.7. The third kappa shape index (κ3) is 5.01. The minimum absolute atomic E-state index is 0.104. The number of likely N-dealkylation sites (tertiary alicyclic amines) is 1. The van der Waals surface area contributed by atoms with Gasteiger partial charge in [0.05, 0.1) is 22.6 Å². The summed E-state index contributed by atoms with van der Waals surface area (Å²) in [7, 11) is 0. The summed E-state index contributed by atoms with van der Waals surface area (Å²) in [6.07, 6.45) is 1.53. The van der Waals surface area contributed by atoms with Gasteiger partial charge in [-0.1, -0.05) is 23.2 Å². The number of piperidine rings is 1. The second-order valence-electron chi connectivity index (χ2n) is 5.30. The SMILES string of the molecule is CCOC(=O)C1CCCN(C(=O)COc2ccc(Cl)c(Cl)c2)C1. The summed E-state index contributed by atoms with van der Waals surface area (Å²) >= 11 is 11.7. The summed E-state index contributed by atoms with van der Waals surface area (Å²) in [6, 6.07) is 4.83. The molecular formula is C16H19Cl2NO4. The molecule has 0 radical (unpaired) electrons. The number of halogens is 2. The van der Waals surface area contributed by atoms with E-state index in [0.717, 1.165) is 12.8 Å². The van der Waals surface area contributed by atoms with Gasteiger partial charge in [0, 0.05) is 19.2 Å². The van der Waals surface area contributed by atoms with Crippen molar-refractivity contribution in [2.45, 2.75) is 19.8 Å². The molecule has 1 fully saturated rings. The molecular weight excluding hydrogens is 341 g/mol. The topological polar surface area (TPSA) is 55.8 Å². The Morgan fingerprint density at radius 2 is 2.09 bits per heavy atom. The molecule has 1 amide bonds. The fraction of sp³-hybridized carbons (Fsp3) is 0.500. The van der Waals surface area contributed by atoms with Gasteiger partial charge in [-0.25, -0.2) is 0 Å². The second kappa shape index (κ2) is 8.41. The van der Waals surface area contributed by atoms with E-state index in [1.54, 1.807) is 30.0 Å². The Kier molecular flexibility index (Phi) is 6.54. The summed E-state index contributed by atoms with van der Waals surface area (Å²) in [5.41, 5.74) is 0. The molecule has 1 unspecified atom stereocenters. The molecule has 0 aliphatic carbocycles. The van der Waals surface area contributed by atoms with Gasteiger partial charge >= 0.3 is 5.97 Å². The first-order valence-corrected chi connectivity index (χ1v) is 8.29. The molecule has 0 bridgehead atoms. The Morgan fingerprint density at radius 1 is 1.30 bits per heavy atom. The number of carbonyl (C=O) groups excluding carboxylic acids is 2. The molecule has 1 aromatic rings. The van der Waals surface area contributed by atoms with Crippen LogP contribution in [-0.4, -0.2) is 43.1 Å². The van der Waals surface area contributed by atoms with Gasteiger partial charge in [-0.05, 0) is 31.9 Å². The van der Waals surface area contributed by atoms with Crippen LogP contribution in [0.15, 0.2) is 18.2 Å². The van der Waals surface area contributed by atoms with Gasteiger partial charge in [-0.15, -0.1) is 0 Å². The molecule has 1 aliphatic heterocycles. The number of esters is 1. The van der Waals surface area contributed by atoms with Crippen molar-refractivity contribution in [2.24, 2.45) is 5.92 Å². The predicted molar refractivity (Wildman–Crippen MR) is 87.9 cm³/mol. The van der Waals surface area contributed by atoms with Crippen LogP contribution in [0.1, 0.15) is 19.8 Å². The van der Waals surface area contributed by atoms with Crippen molar-refractivity contribution in [2.75, 3.05) is 26.3 Å².